The molecule has 0 saturated carbocycles. The standard InChI is InChI=1S/C21H19ClFN3O/c22-18-6-1-16(2-7-18)13-25-20-10-5-17(14-26-20)21(27)24-12-11-15-3-8-19(23)9-4-15/h1-10,14H,11-13H2,(H,24,27)(H,25,26). The molecular formula is C21H19ClFN3O. The summed E-state index contributed by atoms with van der Waals surface area (Å²) >= 11 is 5.87. The lowest BCUT2D eigenvalue weighted by Gasteiger charge is -2.08. The number of benzene rings is 2. The number of hydrogen-bond donors (Lipinski definition) is 2. The van der Waals surface area contributed by atoms with Crippen LogP contribution in [0.4, 0.5) is 10.2 Å². The zero-order valence-corrected chi connectivity index (χ0v) is 15.3. The molecule has 0 bridgehead atoms. The fraction of sp³-hybridized carbons (Fsp3) is 0.143. The Morgan fingerprint density at radius 3 is 2.33 bits per heavy atom. The molecule has 27 heavy (non-hydrogen) atoms. The molecule has 6 heteroatoms. The maximum Gasteiger partial charge on any atom is 0.252 e. The Balaban J connectivity index is 1.46. The summed E-state index contributed by atoms with van der Waals surface area (Å²) in [6.45, 7) is 1.09. The summed E-state index contributed by atoms with van der Waals surface area (Å²) in [6.07, 6.45) is 2.18. The van der Waals surface area contributed by atoms with E-state index in [1.54, 1.807) is 24.3 Å². The lowest BCUT2D eigenvalue weighted by Crippen LogP contribution is -2.25. The van der Waals surface area contributed by atoms with Crippen LogP contribution in [0.25, 0.3) is 0 Å². The third kappa shape index (κ3) is 5.79. The number of aromatic nitrogens is 1. The topological polar surface area (TPSA) is 54.0 Å². The van der Waals surface area contributed by atoms with Crippen LogP contribution < -0.4 is 10.6 Å². The lowest BCUT2D eigenvalue weighted by atomic mass is 10.1. The summed E-state index contributed by atoms with van der Waals surface area (Å²) in [5.74, 6) is 0.236. The third-order valence-corrected chi connectivity index (χ3v) is 4.28. The van der Waals surface area contributed by atoms with E-state index >= 15 is 0 Å². The molecule has 0 radical (unpaired) electrons. The minimum Gasteiger partial charge on any atom is -0.366 e. The van der Waals surface area contributed by atoms with Gasteiger partial charge in [0.25, 0.3) is 5.91 Å². The van der Waals surface area contributed by atoms with Crippen molar-refractivity contribution in [3.63, 3.8) is 0 Å². The van der Waals surface area contributed by atoms with E-state index in [0.29, 0.717) is 35.9 Å². The molecule has 1 aromatic heterocycles. The predicted molar refractivity (Wildman–Crippen MR) is 105 cm³/mol. The van der Waals surface area contributed by atoms with E-state index in [2.05, 4.69) is 15.6 Å². The molecule has 0 spiro atoms. The van der Waals surface area contributed by atoms with Crippen LogP contribution in [0.5, 0.6) is 0 Å². The molecule has 0 atom stereocenters. The van der Waals surface area contributed by atoms with Gasteiger partial charge in [0.1, 0.15) is 11.6 Å². The van der Waals surface area contributed by atoms with Crippen LogP contribution in [0, 0.1) is 5.82 Å². The van der Waals surface area contributed by atoms with Crippen molar-refractivity contribution in [2.24, 2.45) is 0 Å². The summed E-state index contributed by atoms with van der Waals surface area (Å²) in [5.41, 5.74) is 2.55. The fourth-order valence-corrected chi connectivity index (χ4v) is 2.63. The fourth-order valence-electron chi connectivity index (χ4n) is 2.50. The first-order valence-corrected chi connectivity index (χ1v) is 8.95. The summed E-state index contributed by atoms with van der Waals surface area (Å²) in [5, 5.41) is 6.74. The van der Waals surface area contributed by atoms with Crippen LogP contribution >= 0.6 is 11.6 Å². The zero-order valence-electron chi connectivity index (χ0n) is 14.6. The Morgan fingerprint density at radius 2 is 1.67 bits per heavy atom. The van der Waals surface area contributed by atoms with E-state index in [4.69, 9.17) is 11.6 Å². The molecule has 0 unspecified atom stereocenters. The molecule has 4 nitrogen and oxygen atoms in total. The Kier molecular flexibility index (Phi) is 6.39. The van der Waals surface area contributed by atoms with E-state index in [0.717, 1.165) is 11.1 Å². The number of carbonyl (C=O) groups is 1. The van der Waals surface area contributed by atoms with Gasteiger partial charge in [0, 0.05) is 24.3 Å². The van der Waals surface area contributed by atoms with Gasteiger partial charge in [-0.05, 0) is 53.9 Å². The molecule has 2 aromatic carbocycles. The maximum atomic E-state index is 12.9. The van der Waals surface area contributed by atoms with Crippen molar-refractivity contribution in [3.8, 4) is 0 Å². The molecule has 3 rings (SSSR count). The van der Waals surface area contributed by atoms with Crippen LogP contribution in [0.3, 0.4) is 0 Å². The van der Waals surface area contributed by atoms with Gasteiger partial charge in [0.2, 0.25) is 0 Å². The van der Waals surface area contributed by atoms with E-state index in [1.807, 2.05) is 24.3 Å². The molecular weight excluding hydrogens is 365 g/mol. The molecule has 1 heterocycles. The number of hydrogen-bond acceptors (Lipinski definition) is 3. The van der Waals surface area contributed by atoms with Gasteiger partial charge in [-0.2, -0.15) is 0 Å². The predicted octanol–water partition coefficient (Wildman–Crippen LogP) is 4.46. The van der Waals surface area contributed by atoms with Crippen molar-refractivity contribution in [1.29, 1.82) is 0 Å². The second-order valence-corrected chi connectivity index (χ2v) is 6.48. The van der Waals surface area contributed by atoms with Gasteiger partial charge in [-0.3, -0.25) is 4.79 Å². The average molecular weight is 384 g/mol. The van der Waals surface area contributed by atoms with Crippen LogP contribution in [0.2, 0.25) is 5.02 Å². The Labute approximate surface area is 162 Å². The van der Waals surface area contributed by atoms with Gasteiger partial charge in [0.05, 0.1) is 5.56 Å². The van der Waals surface area contributed by atoms with Crippen LogP contribution in [-0.2, 0) is 13.0 Å². The Morgan fingerprint density at radius 1 is 0.963 bits per heavy atom. The van der Waals surface area contributed by atoms with Gasteiger partial charge in [0.15, 0.2) is 0 Å². The van der Waals surface area contributed by atoms with Gasteiger partial charge in [-0.15, -0.1) is 0 Å². The van der Waals surface area contributed by atoms with Gasteiger partial charge in [-0.25, -0.2) is 9.37 Å². The highest BCUT2D eigenvalue weighted by molar-refractivity contribution is 6.30. The second kappa shape index (κ2) is 9.14. The monoisotopic (exact) mass is 383 g/mol. The molecule has 0 aliphatic carbocycles. The highest BCUT2D eigenvalue weighted by Crippen LogP contribution is 2.12. The highest BCUT2D eigenvalue weighted by Gasteiger charge is 2.06. The number of amides is 1. The largest absolute Gasteiger partial charge is 0.366 e. The van der Waals surface area contributed by atoms with Crippen LogP contribution in [-0.4, -0.2) is 17.4 Å². The molecule has 2 N–H and O–H groups in total. The Hall–Kier alpha value is -2.92. The molecule has 0 fully saturated rings. The van der Waals surface area contributed by atoms with Gasteiger partial charge >= 0.3 is 0 Å². The van der Waals surface area contributed by atoms with E-state index in [1.165, 1.54) is 18.3 Å². The number of nitrogens with zero attached hydrogens (tertiary/aromatic N) is 1. The summed E-state index contributed by atoms with van der Waals surface area (Å²) in [6, 6.07) is 17.3. The third-order valence-electron chi connectivity index (χ3n) is 4.03. The zero-order chi connectivity index (χ0) is 19.1. The molecule has 0 aliphatic heterocycles. The molecule has 0 aliphatic rings. The number of anilines is 1. The number of carbonyl (C=O) groups excluding carboxylic acids is 1. The van der Waals surface area contributed by atoms with Crippen molar-refractivity contribution in [2.45, 2.75) is 13.0 Å². The van der Waals surface area contributed by atoms with Crippen LogP contribution in [0.15, 0.2) is 66.9 Å². The lowest BCUT2D eigenvalue weighted by molar-refractivity contribution is 0.0954. The molecule has 3 aromatic rings. The number of pyridine rings is 1. The van der Waals surface area contributed by atoms with Crippen molar-refractivity contribution in [1.82, 2.24) is 10.3 Å². The summed E-state index contributed by atoms with van der Waals surface area (Å²) in [7, 11) is 0. The molecule has 1 amide bonds. The van der Waals surface area contributed by atoms with Gasteiger partial charge in [-0.1, -0.05) is 35.9 Å². The van der Waals surface area contributed by atoms with E-state index in [9.17, 15) is 9.18 Å². The van der Waals surface area contributed by atoms with Crippen molar-refractivity contribution < 1.29 is 9.18 Å². The van der Waals surface area contributed by atoms with Crippen LogP contribution in [0.1, 0.15) is 21.5 Å². The van der Waals surface area contributed by atoms with E-state index in [-0.39, 0.29) is 11.7 Å². The van der Waals surface area contributed by atoms with Crippen molar-refractivity contribution in [3.05, 3.63) is 94.4 Å². The molecule has 0 saturated heterocycles. The first-order valence-electron chi connectivity index (χ1n) is 8.57. The SMILES string of the molecule is O=C(NCCc1ccc(F)cc1)c1ccc(NCc2ccc(Cl)cc2)nc1. The normalized spacial score (nSPS) is 10.4. The minimum absolute atomic E-state index is 0.186. The smallest absolute Gasteiger partial charge is 0.252 e. The second-order valence-electron chi connectivity index (χ2n) is 6.04. The first-order chi connectivity index (χ1) is 13.1. The van der Waals surface area contributed by atoms with Crippen molar-refractivity contribution >= 4 is 23.3 Å². The summed E-state index contributed by atoms with van der Waals surface area (Å²) < 4.78 is 12.9. The van der Waals surface area contributed by atoms with Crippen molar-refractivity contribution in [2.75, 3.05) is 11.9 Å². The van der Waals surface area contributed by atoms with Gasteiger partial charge < -0.3 is 10.6 Å². The van der Waals surface area contributed by atoms with E-state index < -0.39 is 0 Å². The maximum absolute atomic E-state index is 12.9. The summed E-state index contributed by atoms with van der Waals surface area (Å²) in [4.78, 5) is 16.4. The number of nitrogens with one attached hydrogen (secondary N) is 2. The Bertz CT molecular complexity index is 881. The quantitative estimate of drug-likeness (QED) is 0.633. The average Bonchev–Trinajstić information content (AvgIpc) is 2.69. The first kappa shape index (κ1) is 18.9. The molecule has 138 valence electrons. The number of rotatable bonds is 7. The highest BCUT2D eigenvalue weighted by atomic mass is 35.5. The minimum atomic E-state index is -0.265. The number of halogens is 2.